The zero-order chi connectivity index (χ0) is 14.9. The van der Waals surface area contributed by atoms with Crippen LogP contribution >= 0.6 is 12.2 Å². The normalized spacial score (nSPS) is 10.5. The minimum absolute atomic E-state index is 0.0259. The van der Waals surface area contributed by atoms with Crippen LogP contribution in [0.2, 0.25) is 0 Å². The Morgan fingerprint density at radius 2 is 2.05 bits per heavy atom. The van der Waals surface area contributed by atoms with Crippen LogP contribution in [0.3, 0.4) is 0 Å². The van der Waals surface area contributed by atoms with Crippen molar-refractivity contribution in [1.82, 2.24) is 9.55 Å². The number of thiocarbonyl (C=S) groups is 1. The average molecular weight is 297 g/mol. The molecule has 0 fully saturated rings. The van der Waals surface area contributed by atoms with Crippen LogP contribution in [0.15, 0.2) is 34.0 Å². The third kappa shape index (κ3) is 2.80. The van der Waals surface area contributed by atoms with Gasteiger partial charge < -0.3 is 5.73 Å². The van der Waals surface area contributed by atoms with E-state index in [1.165, 1.54) is 12.1 Å². The van der Waals surface area contributed by atoms with E-state index >= 15 is 0 Å². The number of rotatable bonds is 3. The molecule has 3 N–H and O–H groups in total. The predicted octanol–water partition coefficient (Wildman–Crippen LogP) is 0.497. The Hall–Kier alpha value is -2.35. The van der Waals surface area contributed by atoms with Crippen LogP contribution in [0.5, 0.6) is 0 Å². The summed E-state index contributed by atoms with van der Waals surface area (Å²) in [5.74, 6) is -1.66. The van der Waals surface area contributed by atoms with Gasteiger partial charge in [-0.25, -0.2) is 9.18 Å². The van der Waals surface area contributed by atoms with Crippen molar-refractivity contribution in [3.8, 4) is 0 Å². The van der Waals surface area contributed by atoms with Crippen molar-refractivity contribution in [3.05, 3.63) is 68.0 Å². The molecule has 0 saturated carbocycles. The molecule has 0 aliphatic rings. The van der Waals surface area contributed by atoms with Crippen molar-refractivity contribution in [2.75, 3.05) is 0 Å². The molecule has 0 spiro atoms. The number of aromatic nitrogens is 2. The van der Waals surface area contributed by atoms with Crippen molar-refractivity contribution < 1.29 is 8.78 Å². The fraction of sp³-hybridized carbons (Fsp3) is 0.0833. The number of aromatic amines is 1. The van der Waals surface area contributed by atoms with E-state index in [0.717, 1.165) is 16.8 Å². The molecule has 20 heavy (non-hydrogen) atoms. The maximum Gasteiger partial charge on any atom is 0.328 e. The zero-order valence-electron chi connectivity index (χ0n) is 10.0. The van der Waals surface area contributed by atoms with Crippen LogP contribution in [0.4, 0.5) is 8.78 Å². The molecule has 0 saturated heterocycles. The lowest BCUT2D eigenvalue weighted by Gasteiger charge is -2.10. The Morgan fingerprint density at radius 3 is 2.70 bits per heavy atom. The molecule has 0 aliphatic heterocycles. The maximum atomic E-state index is 13.3. The third-order valence-corrected chi connectivity index (χ3v) is 2.86. The molecule has 2 rings (SSSR count). The van der Waals surface area contributed by atoms with Gasteiger partial charge in [0.05, 0.1) is 12.7 Å². The molecule has 2 aromatic rings. The van der Waals surface area contributed by atoms with Crippen LogP contribution in [0, 0.1) is 11.6 Å². The lowest BCUT2D eigenvalue weighted by Crippen LogP contribution is -2.32. The van der Waals surface area contributed by atoms with Gasteiger partial charge in [-0.05, 0) is 23.8 Å². The van der Waals surface area contributed by atoms with Crippen molar-refractivity contribution in [2.24, 2.45) is 5.73 Å². The molecular formula is C12H9F2N3O2S. The highest BCUT2D eigenvalue weighted by atomic mass is 32.1. The zero-order valence-corrected chi connectivity index (χ0v) is 10.8. The second-order valence-electron chi connectivity index (χ2n) is 4.03. The summed E-state index contributed by atoms with van der Waals surface area (Å²) in [5.41, 5.74) is 4.26. The van der Waals surface area contributed by atoms with E-state index < -0.39 is 22.9 Å². The summed E-state index contributed by atoms with van der Waals surface area (Å²) >= 11 is 4.82. The van der Waals surface area contributed by atoms with Crippen LogP contribution in [0.25, 0.3) is 0 Å². The summed E-state index contributed by atoms with van der Waals surface area (Å²) in [4.78, 5) is 24.3. The summed E-state index contributed by atoms with van der Waals surface area (Å²) in [7, 11) is 0. The first-order chi connectivity index (χ1) is 9.38. The molecule has 0 aliphatic carbocycles. The van der Waals surface area contributed by atoms with Crippen LogP contribution in [0.1, 0.15) is 11.1 Å². The fourth-order valence-electron chi connectivity index (χ4n) is 1.72. The second-order valence-corrected chi connectivity index (χ2v) is 4.47. The van der Waals surface area contributed by atoms with E-state index in [1.54, 1.807) is 0 Å². The summed E-state index contributed by atoms with van der Waals surface area (Å²) in [6, 6.07) is 3.69. The minimum atomic E-state index is -1.11. The monoisotopic (exact) mass is 297 g/mol. The van der Waals surface area contributed by atoms with Gasteiger partial charge in [0, 0.05) is 5.56 Å². The molecule has 0 amide bonds. The first-order valence-electron chi connectivity index (χ1n) is 5.46. The largest absolute Gasteiger partial charge is 0.389 e. The van der Waals surface area contributed by atoms with E-state index in [4.69, 9.17) is 18.0 Å². The highest BCUT2D eigenvalue weighted by Crippen LogP contribution is 2.12. The quantitative estimate of drug-likeness (QED) is 0.808. The Bertz CT molecular complexity index is 798. The van der Waals surface area contributed by atoms with Crippen LogP contribution < -0.4 is 17.0 Å². The molecule has 1 heterocycles. The summed E-state index contributed by atoms with van der Waals surface area (Å²) in [6.45, 7) is -0.170. The van der Waals surface area contributed by atoms with Crippen molar-refractivity contribution >= 4 is 17.2 Å². The SMILES string of the molecule is NC(=S)c1ccc(F)cc1Cn1cc(F)c(=O)[nH]c1=O. The van der Waals surface area contributed by atoms with Crippen molar-refractivity contribution in [3.63, 3.8) is 0 Å². The second kappa shape index (κ2) is 5.33. The molecular weight excluding hydrogens is 288 g/mol. The van der Waals surface area contributed by atoms with Gasteiger partial charge >= 0.3 is 5.69 Å². The maximum absolute atomic E-state index is 13.3. The predicted molar refractivity (Wildman–Crippen MR) is 72.7 cm³/mol. The smallest absolute Gasteiger partial charge is 0.328 e. The number of benzene rings is 1. The first kappa shape index (κ1) is 14.1. The van der Waals surface area contributed by atoms with Gasteiger partial charge in [0.25, 0.3) is 5.56 Å². The van der Waals surface area contributed by atoms with E-state index in [1.807, 2.05) is 4.98 Å². The molecule has 0 atom stereocenters. The van der Waals surface area contributed by atoms with E-state index in [9.17, 15) is 18.4 Å². The van der Waals surface area contributed by atoms with Crippen LogP contribution in [-0.4, -0.2) is 14.5 Å². The van der Waals surface area contributed by atoms with Gasteiger partial charge in [-0.15, -0.1) is 0 Å². The summed E-state index contributed by atoms with van der Waals surface area (Å²) in [5, 5.41) is 0. The molecule has 5 nitrogen and oxygen atoms in total. The lowest BCUT2D eigenvalue weighted by atomic mass is 10.1. The van der Waals surface area contributed by atoms with Gasteiger partial charge in [-0.3, -0.25) is 14.3 Å². The average Bonchev–Trinajstić information content (AvgIpc) is 2.35. The van der Waals surface area contributed by atoms with E-state index in [2.05, 4.69) is 0 Å². The Balaban J connectivity index is 2.52. The first-order valence-corrected chi connectivity index (χ1v) is 5.87. The number of halogens is 2. The van der Waals surface area contributed by atoms with Gasteiger partial charge in [0.1, 0.15) is 10.8 Å². The molecule has 8 heteroatoms. The number of hydrogen-bond donors (Lipinski definition) is 2. The topological polar surface area (TPSA) is 80.9 Å². The number of nitrogens with one attached hydrogen (secondary N) is 1. The summed E-state index contributed by atoms with van der Waals surface area (Å²) in [6.07, 6.45) is 0.745. The molecule has 104 valence electrons. The molecule has 0 radical (unpaired) electrons. The van der Waals surface area contributed by atoms with Crippen molar-refractivity contribution in [1.29, 1.82) is 0 Å². The lowest BCUT2D eigenvalue weighted by molar-refractivity contribution is 0.564. The molecule has 1 aromatic heterocycles. The highest BCUT2D eigenvalue weighted by Gasteiger charge is 2.10. The number of H-pyrrole nitrogens is 1. The Morgan fingerprint density at radius 1 is 1.35 bits per heavy atom. The number of hydrogen-bond acceptors (Lipinski definition) is 3. The van der Waals surface area contributed by atoms with Gasteiger partial charge in [0.15, 0.2) is 0 Å². The van der Waals surface area contributed by atoms with Gasteiger partial charge in [0.2, 0.25) is 5.82 Å². The van der Waals surface area contributed by atoms with E-state index in [0.29, 0.717) is 11.1 Å². The Kier molecular flexibility index (Phi) is 3.75. The summed E-state index contributed by atoms with van der Waals surface area (Å²) < 4.78 is 27.3. The van der Waals surface area contributed by atoms with Gasteiger partial charge in [-0.2, -0.15) is 4.39 Å². The van der Waals surface area contributed by atoms with Crippen molar-refractivity contribution in [2.45, 2.75) is 6.54 Å². The standard InChI is InChI=1S/C12H9F2N3O2S/c13-7-1-2-8(10(15)20)6(3-7)4-17-5-9(14)11(18)16-12(17)19/h1-3,5H,4H2,(H2,15,20)(H,16,18,19). The number of nitrogens with zero attached hydrogens (tertiary/aromatic N) is 1. The van der Waals surface area contributed by atoms with E-state index in [-0.39, 0.29) is 11.5 Å². The molecule has 0 unspecified atom stereocenters. The number of nitrogens with two attached hydrogens (primary N) is 1. The van der Waals surface area contributed by atoms with Crippen LogP contribution in [-0.2, 0) is 6.54 Å². The Labute approximate surface area is 116 Å². The third-order valence-electron chi connectivity index (χ3n) is 2.64. The fourth-order valence-corrected chi connectivity index (χ4v) is 1.92. The molecule has 0 bridgehead atoms. The molecule has 1 aromatic carbocycles. The van der Waals surface area contributed by atoms with Gasteiger partial charge in [-0.1, -0.05) is 12.2 Å². The highest BCUT2D eigenvalue weighted by molar-refractivity contribution is 7.80. The minimum Gasteiger partial charge on any atom is -0.389 e.